The van der Waals surface area contributed by atoms with Gasteiger partial charge in [-0.1, -0.05) is 0 Å². The van der Waals surface area contributed by atoms with Crippen LogP contribution in [0.1, 0.15) is 31.4 Å². The number of piperidine rings is 1. The third kappa shape index (κ3) is 1.91. The highest BCUT2D eigenvalue weighted by Gasteiger charge is 2.21. The fourth-order valence-corrected chi connectivity index (χ4v) is 2.04. The maximum Gasteiger partial charge on any atom is 0.0946 e. The van der Waals surface area contributed by atoms with Gasteiger partial charge < -0.3 is 9.88 Å². The average Bonchev–Trinajstić information content (AvgIpc) is 2.52. The summed E-state index contributed by atoms with van der Waals surface area (Å²) in [5.41, 5.74) is 1.26. The quantitative estimate of drug-likeness (QED) is 0.703. The van der Waals surface area contributed by atoms with Crippen molar-refractivity contribution in [1.82, 2.24) is 14.9 Å². The van der Waals surface area contributed by atoms with Gasteiger partial charge in [-0.05, 0) is 26.3 Å². The first-order valence-corrected chi connectivity index (χ1v) is 4.97. The molecule has 0 bridgehead atoms. The Morgan fingerprint density at radius 2 is 2.46 bits per heavy atom. The molecule has 0 aromatic carbocycles. The summed E-state index contributed by atoms with van der Waals surface area (Å²) in [7, 11) is 2.03. The van der Waals surface area contributed by atoms with Gasteiger partial charge in [0.25, 0.3) is 0 Å². The van der Waals surface area contributed by atoms with Gasteiger partial charge in [0.1, 0.15) is 0 Å². The summed E-state index contributed by atoms with van der Waals surface area (Å²) < 4.78 is 2.03. The molecule has 0 radical (unpaired) electrons. The van der Waals surface area contributed by atoms with Crippen molar-refractivity contribution in [3.8, 4) is 0 Å². The van der Waals surface area contributed by atoms with Crippen molar-refractivity contribution < 1.29 is 0 Å². The van der Waals surface area contributed by atoms with Gasteiger partial charge in [0.15, 0.2) is 0 Å². The summed E-state index contributed by atoms with van der Waals surface area (Å²) in [6.07, 6.45) is 6.48. The standard InChI is InChI=1S/C10H17N3/c1-8-5-9(3-4-11-8)10-6-13(2)7-12-10/h6-9,11H,3-5H2,1-2H3. The molecule has 2 heterocycles. The van der Waals surface area contributed by atoms with E-state index in [0.29, 0.717) is 12.0 Å². The third-order valence-electron chi connectivity index (χ3n) is 2.77. The number of imidazole rings is 1. The van der Waals surface area contributed by atoms with Crippen LogP contribution in [0.25, 0.3) is 0 Å². The number of aryl methyl sites for hydroxylation is 1. The van der Waals surface area contributed by atoms with Crippen LogP contribution in [0.4, 0.5) is 0 Å². The fourth-order valence-electron chi connectivity index (χ4n) is 2.04. The van der Waals surface area contributed by atoms with E-state index in [-0.39, 0.29) is 0 Å². The van der Waals surface area contributed by atoms with Gasteiger partial charge in [-0.25, -0.2) is 4.98 Å². The molecule has 2 unspecified atom stereocenters. The van der Waals surface area contributed by atoms with Gasteiger partial charge in [0, 0.05) is 25.2 Å². The second-order valence-electron chi connectivity index (χ2n) is 4.04. The van der Waals surface area contributed by atoms with Crippen molar-refractivity contribution in [2.75, 3.05) is 6.54 Å². The van der Waals surface area contributed by atoms with E-state index >= 15 is 0 Å². The molecule has 0 aliphatic carbocycles. The van der Waals surface area contributed by atoms with Crippen LogP contribution in [0.15, 0.2) is 12.5 Å². The minimum atomic E-state index is 0.640. The molecule has 0 saturated carbocycles. The minimum absolute atomic E-state index is 0.640. The highest BCUT2D eigenvalue weighted by Crippen LogP contribution is 2.25. The van der Waals surface area contributed by atoms with Crippen molar-refractivity contribution >= 4 is 0 Å². The van der Waals surface area contributed by atoms with E-state index in [1.54, 1.807) is 0 Å². The second-order valence-corrected chi connectivity index (χ2v) is 4.04. The SMILES string of the molecule is CC1CC(c2cn(C)cn2)CCN1. The molecule has 1 aliphatic heterocycles. The van der Waals surface area contributed by atoms with Crippen molar-refractivity contribution in [2.45, 2.75) is 31.7 Å². The van der Waals surface area contributed by atoms with Crippen LogP contribution in [0.5, 0.6) is 0 Å². The Kier molecular flexibility index (Phi) is 2.36. The van der Waals surface area contributed by atoms with Gasteiger partial charge in [-0.2, -0.15) is 0 Å². The minimum Gasteiger partial charge on any atom is -0.340 e. The van der Waals surface area contributed by atoms with Crippen LogP contribution < -0.4 is 5.32 Å². The van der Waals surface area contributed by atoms with Crippen LogP contribution in [-0.4, -0.2) is 22.1 Å². The molecule has 2 atom stereocenters. The molecule has 1 fully saturated rings. The van der Waals surface area contributed by atoms with E-state index in [1.807, 2.05) is 17.9 Å². The van der Waals surface area contributed by atoms with E-state index in [0.717, 1.165) is 6.54 Å². The Labute approximate surface area is 79.2 Å². The van der Waals surface area contributed by atoms with Gasteiger partial charge in [0.05, 0.1) is 12.0 Å². The second kappa shape index (κ2) is 3.50. The van der Waals surface area contributed by atoms with Crippen LogP contribution in [0.2, 0.25) is 0 Å². The van der Waals surface area contributed by atoms with E-state index in [2.05, 4.69) is 23.4 Å². The number of hydrogen-bond acceptors (Lipinski definition) is 2. The van der Waals surface area contributed by atoms with Gasteiger partial charge in [-0.15, -0.1) is 0 Å². The smallest absolute Gasteiger partial charge is 0.0946 e. The fraction of sp³-hybridized carbons (Fsp3) is 0.700. The van der Waals surface area contributed by atoms with Crippen molar-refractivity contribution in [3.05, 3.63) is 18.2 Å². The van der Waals surface area contributed by atoms with Gasteiger partial charge in [-0.3, -0.25) is 0 Å². The first-order valence-electron chi connectivity index (χ1n) is 4.97. The van der Waals surface area contributed by atoms with Crippen molar-refractivity contribution in [1.29, 1.82) is 0 Å². The topological polar surface area (TPSA) is 29.9 Å². The molecule has 1 N–H and O–H groups in total. The van der Waals surface area contributed by atoms with Crippen LogP contribution in [-0.2, 0) is 7.05 Å². The average molecular weight is 179 g/mol. The maximum atomic E-state index is 4.41. The molecule has 0 spiro atoms. The normalized spacial score (nSPS) is 29.1. The molecule has 2 rings (SSSR count). The number of nitrogens with zero attached hydrogens (tertiary/aromatic N) is 2. The maximum absolute atomic E-state index is 4.41. The molecule has 13 heavy (non-hydrogen) atoms. The summed E-state index contributed by atoms with van der Waals surface area (Å²) >= 11 is 0. The lowest BCUT2D eigenvalue weighted by Gasteiger charge is -2.26. The summed E-state index contributed by atoms with van der Waals surface area (Å²) in [6.45, 7) is 3.37. The van der Waals surface area contributed by atoms with Crippen molar-refractivity contribution in [2.24, 2.45) is 7.05 Å². The lowest BCUT2D eigenvalue weighted by atomic mass is 9.91. The van der Waals surface area contributed by atoms with Crippen molar-refractivity contribution in [3.63, 3.8) is 0 Å². The highest BCUT2D eigenvalue weighted by atomic mass is 15.0. The van der Waals surface area contributed by atoms with E-state index in [1.165, 1.54) is 18.5 Å². The monoisotopic (exact) mass is 179 g/mol. The molecule has 1 aliphatic rings. The predicted molar refractivity (Wildman–Crippen MR) is 52.6 cm³/mol. The molecule has 3 nitrogen and oxygen atoms in total. The largest absolute Gasteiger partial charge is 0.340 e. The van der Waals surface area contributed by atoms with E-state index < -0.39 is 0 Å². The Balaban J connectivity index is 2.08. The first-order chi connectivity index (χ1) is 6.25. The molecule has 3 heteroatoms. The van der Waals surface area contributed by atoms with E-state index in [9.17, 15) is 0 Å². The Hall–Kier alpha value is -0.830. The predicted octanol–water partition coefficient (Wildman–Crippen LogP) is 1.28. The summed E-state index contributed by atoms with van der Waals surface area (Å²) in [4.78, 5) is 4.41. The molecule has 0 amide bonds. The number of hydrogen-bond donors (Lipinski definition) is 1. The van der Waals surface area contributed by atoms with E-state index in [4.69, 9.17) is 0 Å². The van der Waals surface area contributed by atoms with Crippen LogP contribution in [0.3, 0.4) is 0 Å². The Morgan fingerprint density at radius 3 is 3.08 bits per heavy atom. The third-order valence-corrected chi connectivity index (χ3v) is 2.77. The Bertz CT molecular complexity index is 279. The van der Waals surface area contributed by atoms with Crippen LogP contribution >= 0.6 is 0 Å². The number of rotatable bonds is 1. The number of aromatic nitrogens is 2. The molecular weight excluding hydrogens is 162 g/mol. The molecule has 1 aromatic rings. The van der Waals surface area contributed by atoms with Gasteiger partial charge >= 0.3 is 0 Å². The lowest BCUT2D eigenvalue weighted by molar-refractivity contribution is 0.377. The molecule has 1 aromatic heterocycles. The number of nitrogens with one attached hydrogen (secondary N) is 1. The zero-order valence-electron chi connectivity index (χ0n) is 8.33. The summed E-state index contributed by atoms with van der Waals surface area (Å²) in [5.74, 6) is 0.664. The molecule has 1 saturated heterocycles. The zero-order valence-corrected chi connectivity index (χ0v) is 8.33. The molecule has 72 valence electrons. The van der Waals surface area contributed by atoms with Gasteiger partial charge in [0.2, 0.25) is 0 Å². The zero-order chi connectivity index (χ0) is 9.26. The summed E-state index contributed by atoms with van der Waals surface area (Å²) in [6, 6.07) is 0.640. The summed E-state index contributed by atoms with van der Waals surface area (Å²) in [5, 5.41) is 3.45. The lowest BCUT2D eigenvalue weighted by Crippen LogP contribution is -2.34. The van der Waals surface area contributed by atoms with Crippen LogP contribution in [0, 0.1) is 0 Å². The Morgan fingerprint density at radius 1 is 1.62 bits per heavy atom. The molecular formula is C10H17N3. The first kappa shape index (κ1) is 8.75. The highest BCUT2D eigenvalue weighted by molar-refractivity contribution is 5.06.